The van der Waals surface area contributed by atoms with Gasteiger partial charge in [0.15, 0.2) is 5.65 Å². The first-order valence-electron chi connectivity index (χ1n) is 13.1. The summed E-state index contributed by atoms with van der Waals surface area (Å²) < 4.78 is 22.0. The van der Waals surface area contributed by atoms with Crippen LogP contribution >= 0.6 is 11.6 Å². The van der Waals surface area contributed by atoms with Crippen LogP contribution in [0.25, 0.3) is 39.3 Å². The molecule has 0 radical (unpaired) electrons. The van der Waals surface area contributed by atoms with Crippen molar-refractivity contribution in [2.75, 3.05) is 25.1 Å². The van der Waals surface area contributed by atoms with Gasteiger partial charge in [-0.3, -0.25) is 4.98 Å². The van der Waals surface area contributed by atoms with E-state index in [1.54, 1.807) is 42.3 Å². The molecule has 3 aromatic heterocycles. The van der Waals surface area contributed by atoms with Crippen molar-refractivity contribution in [2.45, 2.75) is 18.5 Å². The number of pyridine rings is 1. The molecule has 5 heterocycles. The number of rotatable bonds is 5. The van der Waals surface area contributed by atoms with Crippen LogP contribution in [0.4, 0.5) is 14.9 Å². The minimum absolute atomic E-state index is 0.0314. The predicted molar refractivity (Wildman–Crippen MR) is 153 cm³/mol. The summed E-state index contributed by atoms with van der Waals surface area (Å²) in [6.07, 6.45) is 4.93. The molecular weight excluding hydrogens is 547 g/mol. The van der Waals surface area contributed by atoms with Crippen LogP contribution in [-0.4, -0.2) is 68.0 Å². The van der Waals surface area contributed by atoms with Crippen LogP contribution in [0, 0.1) is 5.82 Å². The van der Waals surface area contributed by atoms with E-state index in [9.17, 15) is 14.3 Å². The predicted octanol–water partition coefficient (Wildman–Crippen LogP) is 5.87. The lowest BCUT2D eigenvalue weighted by molar-refractivity contribution is 0.137. The van der Waals surface area contributed by atoms with Gasteiger partial charge in [0.05, 0.1) is 29.4 Å². The molecule has 2 atom stereocenters. The summed E-state index contributed by atoms with van der Waals surface area (Å²) >= 11 is 6.34. The van der Waals surface area contributed by atoms with Crippen molar-refractivity contribution in [1.29, 1.82) is 0 Å². The van der Waals surface area contributed by atoms with E-state index in [-0.39, 0.29) is 17.9 Å². The number of ether oxygens (including phenoxy) is 1. The topological polar surface area (TPSA) is 96.1 Å². The number of halogens is 2. The molecule has 2 bridgehead atoms. The Hall–Kier alpha value is -4.70. The van der Waals surface area contributed by atoms with Gasteiger partial charge in [-0.05, 0) is 60.5 Å². The second-order valence-electron chi connectivity index (χ2n) is 10.2. The molecule has 206 valence electrons. The Morgan fingerprint density at radius 2 is 1.85 bits per heavy atom. The molecule has 2 fully saturated rings. The van der Waals surface area contributed by atoms with Gasteiger partial charge in [0.1, 0.15) is 17.3 Å². The summed E-state index contributed by atoms with van der Waals surface area (Å²) in [7, 11) is 1.57. The molecular formula is C30H24ClFN6O3. The lowest BCUT2D eigenvalue weighted by Gasteiger charge is -2.35. The number of fused-ring (bicyclic) bond motifs is 3. The smallest absolute Gasteiger partial charge is 0.407 e. The van der Waals surface area contributed by atoms with Crippen molar-refractivity contribution in [3.05, 3.63) is 84.0 Å². The van der Waals surface area contributed by atoms with Crippen molar-refractivity contribution in [2.24, 2.45) is 0 Å². The highest BCUT2D eigenvalue weighted by Gasteiger charge is 2.46. The van der Waals surface area contributed by atoms with Crippen LogP contribution in [-0.2, 0) is 0 Å². The molecule has 7 rings (SSSR count). The van der Waals surface area contributed by atoms with Gasteiger partial charge in [-0.25, -0.2) is 18.7 Å². The highest BCUT2D eigenvalue weighted by atomic mass is 35.5. The monoisotopic (exact) mass is 570 g/mol. The summed E-state index contributed by atoms with van der Waals surface area (Å²) in [6.45, 7) is 0.886. The minimum atomic E-state index is -0.918. The lowest BCUT2D eigenvalue weighted by Crippen LogP contribution is -2.48. The van der Waals surface area contributed by atoms with Gasteiger partial charge < -0.3 is 19.6 Å². The number of piperazine rings is 1. The van der Waals surface area contributed by atoms with Crippen LogP contribution in [0.15, 0.2) is 73.2 Å². The van der Waals surface area contributed by atoms with E-state index in [0.717, 1.165) is 27.9 Å². The van der Waals surface area contributed by atoms with E-state index in [1.165, 1.54) is 17.0 Å². The molecule has 2 unspecified atom stereocenters. The van der Waals surface area contributed by atoms with Gasteiger partial charge in [0.25, 0.3) is 0 Å². The number of amides is 1. The highest BCUT2D eigenvalue weighted by molar-refractivity contribution is 6.32. The largest absolute Gasteiger partial charge is 0.495 e. The van der Waals surface area contributed by atoms with E-state index in [4.69, 9.17) is 26.4 Å². The zero-order valence-electron chi connectivity index (χ0n) is 21.9. The number of carbonyl (C=O) groups is 1. The average molecular weight is 571 g/mol. The number of carboxylic acid groups (broad SMARTS) is 1. The summed E-state index contributed by atoms with van der Waals surface area (Å²) in [5, 5.41) is 15.1. The van der Waals surface area contributed by atoms with Crippen molar-refractivity contribution >= 4 is 29.0 Å². The van der Waals surface area contributed by atoms with E-state index in [0.29, 0.717) is 47.3 Å². The average Bonchev–Trinajstić information content (AvgIpc) is 3.71. The van der Waals surface area contributed by atoms with Gasteiger partial charge in [-0.1, -0.05) is 17.7 Å². The third-order valence-electron chi connectivity index (χ3n) is 7.94. The maximum Gasteiger partial charge on any atom is 0.407 e. The zero-order valence-corrected chi connectivity index (χ0v) is 22.7. The first-order valence-corrected chi connectivity index (χ1v) is 13.5. The molecule has 0 saturated carbocycles. The number of aromatic nitrogens is 4. The Balaban J connectivity index is 1.42. The van der Waals surface area contributed by atoms with Crippen LogP contribution in [0.5, 0.6) is 5.75 Å². The van der Waals surface area contributed by atoms with Gasteiger partial charge in [0, 0.05) is 54.5 Å². The van der Waals surface area contributed by atoms with Crippen LogP contribution in [0.3, 0.4) is 0 Å². The van der Waals surface area contributed by atoms with Crippen LogP contribution in [0.2, 0.25) is 5.02 Å². The fourth-order valence-corrected chi connectivity index (χ4v) is 6.29. The SMILES string of the molecule is COc1cc(-c2c(-c3ccncc3)nn3c(-c4ccc(F)cc4N4CC5CC4CN5C(=O)O)ccnc23)ccc1Cl. The maximum absolute atomic E-state index is 14.7. The Kier molecular flexibility index (Phi) is 6.01. The third-order valence-corrected chi connectivity index (χ3v) is 8.26. The number of likely N-dealkylation sites (tertiary alicyclic amines) is 1. The number of benzene rings is 2. The van der Waals surface area contributed by atoms with Crippen molar-refractivity contribution in [1.82, 2.24) is 24.5 Å². The molecule has 0 aliphatic carbocycles. The normalized spacial score (nSPS) is 17.9. The van der Waals surface area contributed by atoms with Gasteiger partial charge in [-0.15, -0.1) is 0 Å². The van der Waals surface area contributed by atoms with Gasteiger partial charge in [-0.2, -0.15) is 5.10 Å². The molecule has 2 aliphatic rings. The molecule has 1 amide bonds. The molecule has 9 nitrogen and oxygen atoms in total. The molecule has 1 N–H and O–H groups in total. The van der Waals surface area contributed by atoms with E-state index in [2.05, 4.69) is 9.88 Å². The first kappa shape index (κ1) is 25.3. The number of anilines is 1. The molecule has 11 heteroatoms. The first-order chi connectivity index (χ1) is 19.9. The summed E-state index contributed by atoms with van der Waals surface area (Å²) in [6, 6.07) is 15.7. The number of nitrogens with zero attached hydrogens (tertiary/aromatic N) is 6. The zero-order chi connectivity index (χ0) is 28.2. The Bertz CT molecular complexity index is 1810. The second kappa shape index (κ2) is 9.74. The molecule has 0 spiro atoms. The number of hydrogen-bond donors (Lipinski definition) is 1. The van der Waals surface area contributed by atoms with Crippen molar-refractivity contribution < 1.29 is 19.0 Å². The van der Waals surface area contributed by atoms with E-state index in [1.807, 2.05) is 30.3 Å². The molecule has 2 aliphatic heterocycles. The van der Waals surface area contributed by atoms with Crippen LogP contribution < -0.4 is 9.64 Å². The number of methoxy groups -OCH3 is 1. The molecule has 41 heavy (non-hydrogen) atoms. The highest BCUT2D eigenvalue weighted by Crippen LogP contribution is 2.42. The van der Waals surface area contributed by atoms with Gasteiger partial charge in [0.2, 0.25) is 0 Å². The van der Waals surface area contributed by atoms with Crippen molar-refractivity contribution in [3.8, 4) is 39.4 Å². The Morgan fingerprint density at radius 1 is 1.02 bits per heavy atom. The van der Waals surface area contributed by atoms with E-state index >= 15 is 0 Å². The molecule has 2 aromatic carbocycles. The molecule has 2 saturated heterocycles. The Labute approximate surface area is 239 Å². The van der Waals surface area contributed by atoms with Crippen LogP contribution in [0.1, 0.15) is 6.42 Å². The fraction of sp³-hybridized carbons (Fsp3) is 0.200. The second-order valence-corrected chi connectivity index (χ2v) is 10.6. The van der Waals surface area contributed by atoms with Gasteiger partial charge >= 0.3 is 6.09 Å². The molecule has 5 aromatic rings. The fourth-order valence-electron chi connectivity index (χ4n) is 6.10. The minimum Gasteiger partial charge on any atom is -0.495 e. The third kappa shape index (κ3) is 4.13. The number of hydrogen-bond acceptors (Lipinski definition) is 6. The quantitative estimate of drug-likeness (QED) is 0.282. The standard InChI is InChI=1S/C30H24ClFN6O3/c1-41-26-12-18(2-5-23(26)31)27-28(17-6-9-33-10-7-17)35-38-24(8-11-34-29(27)38)22-4-3-19(32)13-25(22)36-15-21-14-20(36)16-37(21)30(39)40/h2-13,20-21H,14-16H2,1H3,(H,39,40). The Morgan fingerprint density at radius 3 is 2.59 bits per heavy atom. The summed E-state index contributed by atoms with van der Waals surface area (Å²) in [4.78, 5) is 24.1. The lowest BCUT2D eigenvalue weighted by atomic mass is 10.0. The summed E-state index contributed by atoms with van der Waals surface area (Å²) in [5.41, 5.74) is 5.96. The van der Waals surface area contributed by atoms with Crippen molar-refractivity contribution in [3.63, 3.8) is 0 Å². The maximum atomic E-state index is 14.7. The van der Waals surface area contributed by atoms with E-state index < -0.39 is 6.09 Å². The summed E-state index contributed by atoms with van der Waals surface area (Å²) in [5.74, 6) is 0.166.